The van der Waals surface area contributed by atoms with E-state index in [1.54, 1.807) is 11.4 Å². The van der Waals surface area contributed by atoms with Gasteiger partial charge in [-0.15, -0.1) is 11.3 Å². The van der Waals surface area contributed by atoms with Crippen molar-refractivity contribution in [3.63, 3.8) is 0 Å². The van der Waals surface area contributed by atoms with Crippen LogP contribution in [0.4, 0.5) is 5.69 Å². The maximum atomic E-state index is 13.2. The van der Waals surface area contributed by atoms with Gasteiger partial charge >= 0.3 is 0 Å². The molecule has 1 saturated carbocycles. The molecule has 150 valence electrons. The first-order valence-electron chi connectivity index (χ1n) is 9.57. The van der Waals surface area contributed by atoms with Gasteiger partial charge < -0.3 is 10.2 Å². The number of hydrogen-bond donors (Lipinski definition) is 1. The Bertz CT molecular complexity index is 988. The van der Waals surface area contributed by atoms with Crippen LogP contribution in [0.5, 0.6) is 0 Å². The molecule has 1 aromatic carbocycles. The summed E-state index contributed by atoms with van der Waals surface area (Å²) in [5.41, 5.74) is 3.55. The number of amides is 1. The highest BCUT2D eigenvalue weighted by atomic mass is 32.2. The summed E-state index contributed by atoms with van der Waals surface area (Å²) in [6.45, 7) is 6.24. The standard InChI is InChI=1S/C20H25N3O3S2/c1-14-3-4-15(2)17(13-14)22-8-10-23(11-9-22)28(25,26)18-7-12-27-19(18)20(24)21-16-5-6-16/h3-4,7,12-13,16H,5-6,8-11H2,1-2H3,(H,21,24). The lowest BCUT2D eigenvalue weighted by molar-refractivity contribution is 0.0952. The first-order chi connectivity index (χ1) is 13.4. The Balaban J connectivity index is 1.49. The number of anilines is 1. The van der Waals surface area contributed by atoms with Crippen LogP contribution < -0.4 is 10.2 Å². The number of nitrogens with one attached hydrogen (secondary N) is 1. The number of nitrogens with zero attached hydrogens (tertiary/aromatic N) is 2. The fraction of sp³-hybridized carbons (Fsp3) is 0.450. The average Bonchev–Trinajstić information content (AvgIpc) is 3.34. The van der Waals surface area contributed by atoms with E-state index in [9.17, 15) is 13.2 Å². The molecule has 6 nitrogen and oxygen atoms in total. The smallest absolute Gasteiger partial charge is 0.262 e. The van der Waals surface area contributed by atoms with Crippen molar-refractivity contribution >= 4 is 33.0 Å². The van der Waals surface area contributed by atoms with Gasteiger partial charge in [-0.1, -0.05) is 12.1 Å². The van der Waals surface area contributed by atoms with E-state index in [4.69, 9.17) is 0 Å². The van der Waals surface area contributed by atoms with Gasteiger partial charge in [0.1, 0.15) is 9.77 Å². The van der Waals surface area contributed by atoms with Crippen molar-refractivity contribution in [3.8, 4) is 0 Å². The van der Waals surface area contributed by atoms with E-state index in [1.165, 1.54) is 26.8 Å². The van der Waals surface area contributed by atoms with Crippen molar-refractivity contribution in [2.75, 3.05) is 31.1 Å². The molecule has 4 rings (SSSR count). The molecule has 1 saturated heterocycles. The molecule has 2 heterocycles. The summed E-state index contributed by atoms with van der Waals surface area (Å²) in [5, 5.41) is 4.57. The van der Waals surface area contributed by atoms with Crippen molar-refractivity contribution < 1.29 is 13.2 Å². The van der Waals surface area contributed by atoms with Gasteiger partial charge in [0.05, 0.1) is 0 Å². The zero-order chi connectivity index (χ0) is 19.9. The number of aryl methyl sites for hydroxylation is 2. The van der Waals surface area contributed by atoms with Gasteiger partial charge in [-0.3, -0.25) is 4.79 Å². The molecule has 1 aliphatic heterocycles. The van der Waals surface area contributed by atoms with Crippen LogP contribution in [0.2, 0.25) is 0 Å². The Morgan fingerprint density at radius 3 is 2.50 bits per heavy atom. The summed E-state index contributed by atoms with van der Waals surface area (Å²) in [6, 6.07) is 8.09. The molecule has 1 amide bonds. The molecule has 0 radical (unpaired) electrons. The molecule has 0 atom stereocenters. The van der Waals surface area contributed by atoms with Crippen LogP contribution >= 0.6 is 11.3 Å². The van der Waals surface area contributed by atoms with Gasteiger partial charge in [-0.05, 0) is 55.3 Å². The first kappa shape index (κ1) is 19.4. The van der Waals surface area contributed by atoms with Gasteiger partial charge in [-0.25, -0.2) is 8.42 Å². The van der Waals surface area contributed by atoms with Gasteiger partial charge in [0.2, 0.25) is 10.0 Å². The number of sulfonamides is 1. The predicted octanol–water partition coefficient (Wildman–Crippen LogP) is 2.77. The third-order valence-electron chi connectivity index (χ3n) is 5.31. The van der Waals surface area contributed by atoms with Gasteiger partial charge in [0.25, 0.3) is 5.91 Å². The topological polar surface area (TPSA) is 69.7 Å². The minimum atomic E-state index is -3.68. The maximum absolute atomic E-state index is 13.2. The second-order valence-corrected chi connectivity index (χ2v) is 10.4. The van der Waals surface area contributed by atoms with E-state index in [0.29, 0.717) is 31.1 Å². The highest BCUT2D eigenvalue weighted by Crippen LogP contribution is 2.29. The first-order valence-corrected chi connectivity index (χ1v) is 11.9. The Kier molecular flexibility index (Phi) is 5.20. The van der Waals surface area contributed by atoms with Crippen LogP contribution in [-0.4, -0.2) is 50.9 Å². The fourth-order valence-corrected chi connectivity index (χ4v) is 6.24. The van der Waals surface area contributed by atoms with Crippen LogP contribution in [0.15, 0.2) is 34.5 Å². The highest BCUT2D eigenvalue weighted by molar-refractivity contribution is 7.89. The molecule has 2 fully saturated rings. The fourth-order valence-electron chi connectivity index (χ4n) is 3.51. The second kappa shape index (κ2) is 7.50. The Morgan fingerprint density at radius 1 is 1.11 bits per heavy atom. The molecule has 1 aromatic heterocycles. The minimum absolute atomic E-state index is 0.135. The lowest BCUT2D eigenvalue weighted by atomic mass is 10.1. The molecule has 8 heteroatoms. The third kappa shape index (κ3) is 3.81. The summed E-state index contributed by atoms with van der Waals surface area (Å²) >= 11 is 1.19. The average molecular weight is 420 g/mol. The van der Waals surface area contributed by atoms with Gasteiger partial charge in [-0.2, -0.15) is 4.31 Å². The van der Waals surface area contributed by atoms with Crippen LogP contribution in [-0.2, 0) is 10.0 Å². The molecular weight excluding hydrogens is 394 g/mol. The van der Waals surface area contributed by atoms with Crippen molar-refractivity contribution in [2.45, 2.75) is 37.6 Å². The van der Waals surface area contributed by atoms with E-state index in [0.717, 1.165) is 18.5 Å². The number of thiophene rings is 1. The van der Waals surface area contributed by atoms with Crippen LogP contribution in [0, 0.1) is 13.8 Å². The number of benzene rings is 1. The predicted molar refractivity (Wildman–Crippen MR) is 112 cm³/mol. The lowest BCUT2D eigenvalue weighted by Gasteiger charge is -2.36. The largest absolute Gasteiger partial charge is 0.369 e. The van der Waals surface area contributed by atoms with E-state index >= 15 is 0 Å². The summed E-state index contributed by atoms with van der Waals surface area (Å²) in [5.74, 6) is -0.273. The molecular formula is C20H25N3O3S2. The SMILES string of the molecule is Cc1ccc(C)c(N2CCN(S(=O)(=O)c3ccsc3C(=O)NC3CC3)CC2)c1. The molecule has 2 aliphatic rings. The van der Waals surface area contributed by atoms with Crippen molar-refractivity contribution in [2.24, 2.45) is 0 Å². The third-order valence-corrected chi connectivity index (χ3v) is 8.29. The number of rotatable bonds is 5. The maximum Gasteiger partial charge on any atom is 0.262 e. The van der Waals surface area contributed by atoms with Crippen molar-refractivity contribution in [1.82, 2.24) is 9.62 Å². The Morgan fingerprint density at radius 2 is 1.82 bits per heavy atom. The Hall–Kier alpha value is -1.90. The molecule has 0 unspecified atom stereocenters. The van der Waals surface area contributed by atoms with E-state index in [-0.39, 0.29) is 16.8 Å². The molecule has 28 heavy (non-hydrogen) atoms. The summed E-state index contributed by atoms with van der Waals surface area (Å²) in [7, 11) is -3.68. The molecule has 0 spiro atoms. The van der Waals surface area contributed by atoms with Gasteiger partial charge in [0.15, 0.2) is 0 Å². The summed E-state index contributed by atoms with van der Waals surface area (Å²) < 4.78 is 27.9. The quantitative estimate of drug-likeness (QED) is 0.809. The molecule has 2 aromatic rings. The van der Waals surface area contributed by atoms with E-state index in [1.807, 2.05) is 0 Å². The summed E-state index contributed by atoms with van der Waals surface area (Å²) in [4.78, 5) is 15.1. The molecule has 1 N–H and O–H groups in total. The Labute approximate surface area is 170 Å². The van der Waals surface area contributed by atoms with Crippen LogP contribution in [0.3, 0.4) is 0 Å². The molecule has 0 bridgehead atoms. The zero-order valence-electron chi connectivity index (χ0n) is 16.1. The normalized spacial score (nSPS) is 18.3. The highest BCUT2D eigenvalue weighted by Gasteiger charge is 2.34. The molecule has 1 aliphatic carbocycles. The van der Waals surface area contributed by atoms with E-state index < -0.39 is 10.0 Å². The zero-order valence-corrected chi connectivity index (χ0v) is 17.8. The minimum Gasteiger partial charge on any atom is -0.369 e. The van der Waals surface area contributed by atoms with Gasteiger partial charge in [0, 0.05) is 37.9 Å². The number of piperazine rings is 1. The summed E-state index contributed by atoms with van der Waals surface area (Å²) in [6.07, 6.45) is 1.94. The number of carbonyl (C=O) groups is 1. The number of hydrogen-bond acceptors (Lipinski definition) is 5. The van der Waals surface area contributed by atoms with Crippen LogP contribution in [0.25, 0.3) is 0 Å². The number of carbonyl (C=O) groups excluding carboxylic acids is 1. The van der Waals surface area contributed by atoms with Crippen molar-refractivity contribution in [1.29, 1.82) is 0 Å². The van der Waals surface area contributed by atoms with E-state index in [2.05, 4.69) is 42.3 Å². The lowest BCUT2D eigenvalue weighted by Crippen LogP contribution is -2.49. The van der Waals surface area contributed by atoms with Crippen LogP contribution in [0.1, 0.15) is 33.6 Å². The second-order valence-electron chi connectivity index (χ2n) is 7.54. The monoisotopic (exact) mass is 419 g/mol. The van der Waals surface area contributed by atoms with Crippen molar-refractivity contribution in [3.05, 3.63) is 45.6 Å².